The molecule has 0 aliphatic carbocycles. The van der Waals surface area contributed by atoms with Crippen LogP contribution in [0.3, 0.4) is 0 Å². The molecule has 0 aliphatic heterocycles. The highest BCUT2D eigenvalue weighted by Gasteiger charge is 2.08. The van der Waals surface area contributed by atoms with Crippen molar-refractivity contribution in [3.63, 3.8) is 0 Å². The van der Waals surface area contributed by atoms with E-state index in [1.165, 1.54) is 11.3 Å². The Morgan fingerprint density at radius 2 is 2.24 bits per heavy atom. The molecule has 94 valence electrons. The minimum atomic E-state index is -0.922. The van der Waals surface area contributed by atoms with Crippen LogP contribution >= 0.6 is 11.3 Å². The number of carbonyl (C=O) groups is 2. The summed E-state index contributed by atoms with van der Waals surface area (Å²) in [5.41, 5.74) is 0.295. The first-order valence-corrected chi connectivity index (χ1v) is 6.18. The van der Waals surface area contributed by atoms with Crippen LogP contribution in [-0.2, 0) is 11.3 Å². The topological polar surface area (TPSA) is 69.6 Å². The Kier molecular flexibility index (Phi) is 5.11. The molecule has 17 heavy (non-hydrogen) atoms. The summed E-state index contributed by atoms with van der Waals surface area (Å²) in [6.45, 7) is 3.38. The summed E-state index contributed by atoms with van der Waals surface area (Å²) >= 11 is 1.38. The molecule has 1 aromatic heterocycles. The van der Waals surface area contributed by atoms with Gasteiger partial charge in [-0.15, -0.1) is 11.3 Å². The fourth-order valence-electron chi connectivity index (χ4n) is 1.19. The summed E-state index contributed by atoms with van der Waals surface area (Å²) < 4.78 is 0. The van der Waals surface area contributed by atoms with Crippen LogP contribution in [-0.4, -0.2) is 42.0 Å². The van der Waals surface area contributed by atoms with Crippen molar-refractivity contribution < 1.29 is 14.7 Å². The first-order chi connectivity index (χ1) is 8.04. The van der Waals surface area contributed by atoms with Crippen LogP contribution in [0.5, 0.6) is 0 Å². The van der Waals surface area contributed by atoms with Gasteiger partial charge in [-0.25, -0.2) is 4.79 Å². The van der Waals surface area contributed by atoms with Crippen molar-refractivity contribution in [3.05, 3.63) is 21.9 Å². The standard InChI is InChI=1S/C11H16N2O3S/c1-3-13(2)10(14)6-12-5-9-4-8(7-17-9)11(15)16/h4,7,12H,3,5-6H2,1-2H3,(H,15,16). The van der Waals surface area contributed by atoms with Gasteiger partial charge in [0.15, 0.2) is 0 Å². The van der Waals surface area contributed by atoms with Crippen molar-refractivity contribution in [2.75, 3.05) is 20.1 Å². The van der Waals surface area contributed by atoms with E-state index in [9.17, 15) is 9.59 Å². The van der Waals surface area contributed by atoms with Gasteiger partial charge in [-0.05, 0) is 13.0 Å². The predicted octanol–water partition coefficient (Wildman–Crippen LogP) is 1.01. The number of aromatic carboxylic acids is 1. The second-order valence-electron chi connectivity index (χ2n) is 3.62. The molecule has 0 aliphatic rings. The molecule has 0 saturated heterocycles. The van der Waals surface area contributed by atoms with Gasteiger partial charge in [0.1, 0.15) is 0 Å². The molecular formula is C11H16N2O3S. The number of rotatable bonds is 6. The Balaban J connectivity index is 2.35. The average molecular weight is 256 g/mol. The minimum Gasteiger partial charge on any atom is -0.478 e. The Morgan fingerprint density at radius 1 is 1.53 bits per heavy atom. The summed E-state index contributed by atoms with van der Waals surface area (Å²) in [4.78, 5) is 24.6. The van der Waals surface area contributed by atoms with Crippen LogP contribution in [0.4, 0.5) is 0 Å². The third-order valence-electron chi connectivity index (χ3n) is 2.38. The number of hydrogen-bond acceptors (Lipinski definition) is 4. The number of carboxylic acids is 1. The van der Waals surface area contributed by atoms with Crippen molar-refractivity contribution in [2.24, 2.45) is 0 Å². The Hall–Kier alpha value is -1.40. The van der Waals surface area contributed by atoms with Crippen molar-refractivity contribution in [1.82, 2.24) is 10.2 Å². The molecule has 0 bridgehead atoms. The van der Waals surface area contributed by atoms with E-state index in [0.717, 1.165) is 4.88 Å². The fraction of sp³-hybridized carbons (Fsp3) is 0.455. The Morgan fingerprint density at radius 3 is 2.76 bits per heavy atom. The lowest BCUT2D eigenvalue weighted by atomic mass is 10.3. The highest BCUT2D eigenvalue weighted by atomic mass is 32.1. The van der Waals surface area contributed by atoms with Crippen LogP contribution in [0.25, 0.3) is 0 Å². The third kappa shape index (κ3) is 4.16. The van der Waals surface area contributed by atoms with Crippen molar-refractivity contribution >= 4 is 23.2 Å². The van der Waals surface area contributed by atoms with Crippen LogP contribution in [0.2, 0.25) is 0 Å². The number of amides is 1. The van der Waals surface area contributed by atoms with Gasteiger partial charge < -0.3 is 15.3 Å². The normalized spacial score (nSPS) is 10.2. The number of thiophene rings is 1. The van der Waals surface area contributed by atoms with Gasteiger partial charge in [0, 0.05) is 30.4 Å². The third-order valence-corrected chi connectivity index (χ3v) is 3.31. The van der Waals surface area contributed by atoms with E-state index < -0.39 is 5.97 Å². The van der Waals surface area contributed by atoms with E-state index >= 15 is 0 Å². The lowest BCUT2D eigenvalue weighted by Crippen LogP contribution is -2.34. The van der Waals surface area contributed by atoms with E-state index in [4.69, 9.17) is 5.11 Å². The molecule has 1 aromatic rings. The molecule has 0 spiro atoms. The molecule has 2 N–H and O–H groups in total. The molecule has 1 heterocycles. The monoisotopic (exact) mass is 256 g/mol. The molecule has 0 aromatic carbocycles. The van der Waals surface area contributed by atoms with E-state index in [1.54, 1.807) is 23.4 Å². The molecule has 0 atom stereocenters. The molecule has 0 fully saturated rings. The molecule has 0 radical (unpaired) electrons. The van der Waals surface area contributed by atoms with Gasteiger partial charge >= 0.3 is 5.97 Å². The zero-order valence-electron chi connectivity index (χ0n) is 9.90. The molecule has 1 rings (SSSR count). The maximum atomic E-state index is 11.5. The molecule has 5 nitrogen and oxygen atoms in total. The maximum absolute atomic E-state index is 11.5. The number of nitrogens with zero attached hydrogens (tertiary/aromatic N) is 1. The van der Waals surface area contributed by atoms with Gasteiger partial charge in [-0.2, -0.15) is 0 Å². The van der Waals surface area contributed by atoms with Crippen LogP contribution in [0.1, 0.15) is 22.2 Å². The second-order valence-corrected chi connectivity index (χ2v) is 4.61. The summed E-state index contributed by atoms with van der Waals surface area (Å²) in [6, 6.07) is 1.62. The lowest BCUT2D eigenvalue weighted by molar-refractivity contribution is -0.128. The minimum absolute atomic E-state index is 0.0301. The van der Waals surface area contributed by atoms with Crippen molar-refractivity contribution in [3.8, 4) is 0 Å². The van der Waals surface area contributed by atoms with Crippen LogP contribution < -0.4 is 5.32 Å². The number of nitrogens with one attached hydrogen (secondary N) is 1. The van der Waals surface area contributed by atoms with Gasteiger partial charge in [-0.3, -0.25) is 4.79 Å². The number of carbonyl (C=O) groups excluding carboxylic acids is 1. The molecule has 6 heteroatoms. The highest BCUT2D eigenvalue weighted by molar-refractivity contribution is 7.10. The van der Waals surface area contributed by atoms with Gasteiger partial charge in [0.05, 0.1) is 12.1 Å². The molecule has 1 amide bonds. The largest absolute Gasteiger partial charge is 0.478 e. The Labute approximate surface area is 104 Å². The first kappa shape index (κ1) is 13.7. The van der Waals surface area contributed by atoms with Crippen molar-refractivity contribution in [1.29, 1.82) is 0 Å². The quantitative estimate of drug-likeness (QED) is 0.797. The first-order valence-electron chi connectivity index (χ1n) is 5.30. The zero-order chi connectivity index (χ0) is 12.8. The lowest BCUT2D eigenvalue weighted by Gasteiger charge is -2.14. The number of likely N-dealkylation sites (N-methyl/N-ethyl adjacent to an activating group) is 1. The number of hydrogen-bond donors (Lipinski definition) is 2. The second kappa shape index (κ2) is 6.36. The van der Waals surface area contributed by atoms with Crippen LogP contribution in [0, 0.1) is 0 Å². The van der Waals surface area contributed by atoms with E-state index in [1.807, 2.05) is 6.92 Å². The van der Waals surface area contributed by atoms with Crippen LogP contribution in [0.15, 0.2) is 11.4 Å². The molecule has 0 unspecified atom stereocenters. The summed E-state index contributed by atoms with van der Waals surface area (Å²) in [7, 11) is 1.75. The van der Waals surface area contributed by atoms with Gasteiger partial charge in [0.2, 0.25) is 5.91 Å². The fourth-order valence-corrected chi connectivity index (χ4v) is 2.02. The van der Waals surface area contributed by atoms with E-state index in [-0.39, 0.29) is 12.5 Å². The van der Waals surface area contributed by atoms with Gasteiger partial charge in [-0.1, -0.05) is 0 Å². The number of carboxylic acid groups (broad SMARTS) is 1. The summed E-state index contributed by atoms with van der Waals surface area (Å²) in [5.74, 6) is -0.892. The van der Waals surface area contributed by atoms with E-state index in [0.29, 0.717) is 18.7 Å². The molecule has 0 saturated carbocycles. The van der Waals surface area contributed by atoms with E-state index in [2.05, 4.69) is 5.32 Å². The SMILES string of the molecule is CCN(C)C(=O)CNCc1cc(C(=O)O)cs1. The van der Waals surface area contributed by atoms with Gasteiger partial charge in [0.25, 0.3) is 0 Å². The smallest absolute Gasteiger partial charge is 0.336 e. The summed E-state index contributed by atoms with van der Waals surface area (Å²) in [5, 5.41) is 13.3. The predicted molar refractivity (Wildman–Crippen MR) is 66.3 cm³/mol. The zero-order valence-corrected chi connectivity index (χ0v) is 10.7. The molecular weight excluding hydrogens is 240 g/mol. The summed E-state index contributed by atoms with van der Waals surface area (Å²) in [6.07, 6.45) is 0. The maximum Gasteiger partial charge on any atom is 0.336 e. The highest BCUT2D eigenvalue weighted by Crippen LogP contribution is 2.14. The Bertz CT molecular complexity index is 403. The van der Waals surface area contributed by atoms with Crippen molar-refractivity contribution in [2.45, 2.75) is 13.5 Å². The average Bonchev–Trinajstić information content (AvgIpc) is 2.76.